The molecule has 0 saturated heterocycles. The number of nitrogens with one attached hydrogen (secondary N) is 2. The average Bonchev–Trinajstić information content (AvgIpc) is 1.76. The lowest BCUT2D eigenvalue weighted by Gasteiger charge is -1.37. The maximum Gasteiger partial charge on any atom is 0.239 e. The van der Waals surface area contributed by atoms with Crippen LogP contribution in [0.15, 0.2) is 18.7 Å². The number of hydrogen-bond donors (Lipinski definition) is 2. The van der Waals surface area contributed by atoms with E-state index in [-0.39, 0.29) is 15.6 Å². The van der Waals surface area contributed by atoms with Crippen molar-refractivity contribution < 1.29 is 14.4 Å². The third kappa shape index (κ3) is 5.03. The maximum atomic E-state index is 2.81. The summed E-state index contributed by atoms with van der Waals surface area (Å²) in [5, 5.41) is 0. The minimum atomic E-state index is 0. The van der Waals surface area contributed by atoms with Crippen molar-refractivity contribution >= 4 is 0 Å². The third-order valence-electron chi connectivity index (χ3n) is 0.442. The first-order chi connectivity index (χ1) is 2.50. The van der Waals surface area contributed by atoms with Gasteiger partial charge in [0.05, 0.1) is 0 Å². The van der Waals surface area contributed by atoms with Gasteiger partial charge in [-0.25, -0.2) is 0 Å². The molecule has 0 saturated carbocycles. The van der Waals surface area contributed by atoms with E-state index in [0.717, 1.165) is 0 Å². The zero-order valence-corrected chi connectivity index (χ0v) is 4.49. The van der Waals surface area contributed by atoms with E-state index < -0.39 is 0 Å². The predicted molar refractivity (Wildman–Crippen MR) is 23.3 cm³/mol. The van der Waals surface area contributed by atoms with E-state index >= 15 is 0 Å². The van der Waals surface area contributed by atoms with Gasteiger partial charge >= 0.3 is 0 Å². The van der Waals surface area contributed by atoms with E-state index in [0.29, 0.717) is 0 Å². The number of hydrogen-bond acceptors (Lipinski definition) is 0. The molecular weight excluding hydrogens is 116 g/mol. The molecule has 0 aliphatic heterocycles. The molecule has 0 amide bonds. The molecule has 0 aliphatic rings. The first-order valence-corrected chi connectivity index (χ1v) is 1.49. The minimum Gasteiger partial charge on any atom is -1.00 e. The number of aromatic nitrogens is 2. The summed E-state index contributed by atoms with van der Waals surface area (Å²) in [6, 6.07) is 0. The molecule has 0 radical (unpaired) electrons. The molecule has 3 nitrogen and oxygen atoms in total. The van der Waals surface area contributed by atoms with Gasteiger partial charge in [-0.05, 0) is 0 Å². The molecule has 0 atom stereocenters. The molecule has 8 heavy (non-hydrogen) atoms. The summed E-state index contributed by atoms with van der Waals surface area (Å²) >= 11 is 0. The molecule has 1 aromatic rings. The van der Waals surface area contributed by atoms with Crippen molar-refractivity contribution in [1.82, 2.24) is 11.1 Å². The van der Waals surface area contributed by atoms with Gasteiger partial charge in [0, 0.05) is 0 Å². The predicted octanol–water partition coefficient (Wildman–Crippen LogP) is -5.79. The Balaban J connectivity index is -0.0000000833. The SMILES string of the molecule is [F-].[F-].[NH4+].c1c[nH+]c[nH]1. The average molecular weight is 125 g/mol. The molecule has 1 heterocycles. The van der Waals surface area contributed by atoms with Crippen molar-refractivity contribution in [3.05, 3.63) is 18.7 Å². The Morgan fingerprint density at radius 1 is 1.25 bits per heavy atom. The summed E-state index contributed by atoms with van der Waals surface area (Å²) in [6.07, 6.45) is 5.39. The van der Waals surface area contributed by atoms with Crippen molar-refractivity contribution in [2.75, 3.05) is 0 Å². The van der Waals surface area contributed by atoms with Crippen molar-refractivity contribution in [2.45, 2.75) is 0 Å². The number of aromatic amines is 2. The Morgan fingerprint density at radius 3 is 2.00 bits per heavy atom. The van der Waals surface area contributed by atoms with Crippen LogP contribution in [0.25, 0.3) is 0 Å². The van der Waals surface area contributed by atoms with Crippen LogP contribution < -0.4 is 20.5 Å². The fraction of sp³-hybridized carbons (Fsp3) is 0. The highest BCUT2D eigenvalue weighted by atomic mass is 19.0. The Morgan fingerprint density at radius 2 is 1.88 bits per heavy atom. The standard InChI is InChI=1S/C3H4N2.2FH.H3N/c1-2-5-3-4-1;;;/h1-3H,(H,4,5);2*1H;1H3. The summed E-state index contributed by atoms with van der Waals surface area (Å²) in [5.41, 5.74) is 0. The second-order valence-corrected chi connectivity index (χ2v) is 0.811. The van der Waals surface area contributed by atoms with Crippen LogP contribution in [0.5, 0.6) is 0 Å². The van der Waals surface area contributed by atoms with E-state index in [2.05, 4.69) is 9.97 Å². The molecule has 6 N–H and O–H groups in total. The van der Waals surface area contributed by atoms with E-state index in [4.69, 9.17) is 0 Å². The number of halogens is 2. The van der Waals surface area contributed by atoms with Crippen LogP contribution in [-0.2, 0) is 0 Å². The summed E-state index contributed by atoms with van der Waals surface area (Å²) in [4.78, 5) is 5.61. The fourth-order valence-electron chi connectivity index (χ4n) is 0.241. The zero-order valence-electron chi connectivity index (χ0n) is 4.49. The lowest BCUT2D eigenvalue weighted by molar-refractivity contribution is -0.375. The van der Waals surface area contributed by atoms with E-state index in [1.807, 2.05) is 12.4 Å². The van der Waals surface area contributed by atoms with Gasteiger partial charge in [0.15, 0.2) is 0 Å². The van der Waals surface area contributed by atoms with E-state index in [1.54, 1.807) is 6.33 Å². The molecule has 0 fully saturated rings. The van der Waals surface area contributed by atoms with Crippen LogP contribution in [0.1, 0.15) is 0 Å². The Kier molecular flexibility index (Phi) is 18.5. The summed E-state index contributed by atoms with van der Waals surface area (Å²) < 4.78 is 0. The molecule has 0 aromatic carbocycles. The Hall–Kier alpha value is -0.970. The second-order valence-electron chi connectivity index (χ2n) is 0.811. The summed E-state index contributed by atoms with van der Waals surface area (Å²) in [7, 11) is 0. The summed E-state index contributed by atoms with van der Waals surface area (Å²) in [5.74, 6) is 0. The molecule has 0 aliphatic carbocycles. The lowest BCUT2D eigenvalue weighted by Crippen LogP contribution is -3.00. The Bertz CT molecular complexity index is 69.0. The van der Waals surface area contributed by atoms with E-state index in [9.17, 15) is 0 Å². The molecule has 0 bridgehead atoms. The van der Waals surface area contributed by atoms with Crippen LogP contribution in [0.3, 0.4) is 0 Å². The zero-order chi connectivity index (χ0) is 3.54. The van der Waals surface area contributed by atoms with Gasteiger partial charge in [-0.15, -0.1) is 0 Å². The first-order valence-electron chi connectivity index (χ1n) is 1.49. The van der Waals surface area contributed by atoms with Crippen molar-refractivity contribution in [1.29, 1.82) is 0 Å². The van der Waals surface area contributed by atoms with Crippen molar-refractivity contribution in [3.63, 3.8) is 0 Å². The van der Waals surface area contributed by atoms with E-state index in [1.165, 1.54) is 0 Å². The Labute approximate surface area is 45.5 Å². The first kappa shape index (κ1) is 15.7. The van der Waals surface area contributed by atoms with Gasteiger partial charge in [-0.3, -0.25) is 9.97 Å². The van der Waals surface area contributed by atoms with Crippen LogP contribution in [0.4, 0.5) is 0 Å². The largest absolute Gasteiger partial charge is 1.00 e. The van der Waals surface area contributed by atoms with Gasteiger partial charge in [-0.2, -0.15) is 0 Å². The molecular formula is C3H9F2N3. The van der Waals surface area contributed by atoms with Gasteiger partial charge in [0.25, 0.3) is 0 Å². The maximum absolute atomic E-state index is 2.81. The van der Waals surface area contributed by atoms with Gasteiger partial charge in [0.2, 0.25) is 6.33 Å². The topological polar surface area (TPSA) is 66.4 Å². The fourth-order valence-corrected chi connectivity index (χ4v) is 0.241. The normalized spacial score (nSPS) is 5.00. The highest BCUT2D eigenvalue weighted by Gasteiger charge is 1.65. The molecule has 0 unspecified atom stereocenters. The molecule has 1 aromatic heterocycles. The summed E-state index contributed by atoms with van der Waals surface area (Å²) in [6.45, 7) is 0. The molecule has 5 heteroatoms. The monoisotopic (exact) mass is 125 g/mol. The molecule has 50 valence electrons. The number of imidazole rings is 1. The number of H-pyrrole nitrogens is 2. The molecule has 1 rings (SSSR count). The van der Waals surface area contributed by atoms with Crippen LogP contribution in [0, 0.1) is 0 Å². The van der Waals surface area contributed by atoms with Gasteiger partial charge in [-0.1, -0.05) is 0 Å². The second kappa shape index (κ2) is 9.39. The van der Waals surface area contributed by atoms with Crippen LogP contribution in [0.2, 0.25) is 0 Å². The van der Waals surface area contributed by atoms with Crippen LogP contribution in [-0.4, -0.2) is 4.98 Å². The van der Waals surface area contributed by atoms with Gasteiger partial charge in [0.1, 0.15) is 12.4 Å². The smallest absolute Gasteiger partial charge is 0.239 e. The highest BCUT2D eigenvalue weighted by Crippen LogP contribution is 1.53. The highest BCUT2D eigenvalue weighted by molar-refractivity contribution is 4.52. The van der Waals surface area contributed by atoms with Crippen molar-refractivity contribution in [3.8, 4) is 0 Å². The third-order valence-corrected chi connectivity index (χ3v) is 0.442. The van der Waals surface area contributed by atoms with Gasteiger partial charge < -0.3 is 15.6 Å². The quantitative estimate of drug-likeness (QED) is 0.347. The molecule has 0 spiro atoms. The number of rotatable bonds is 0. The lowest BCUT2D eigenvalue weighted by atomic mass is 11.0. The van der Waals surface area contributed by atoms with Crippen LogP contribution >= 0.6 is 0 Å². The van der Waals surface area contributed by atoms with Crippen molar-refractivity contribution in [2.24, 2.45) is 0 Å². The minimum absolute atomic E-state index is 0. The number of quaternary nitrogens is 1.